The fourth-order valence-corrected chi connectivity index (χ4v) is 6.82. The number of benzene rings is 8. The van der Waals surface area contributed by atoms with Crippen LogP contribution in [0.4, 0.5) is 17.1 Å². The first-order valence-electron chi connectivity index (χ1n) is 13.5. The van der Waals surface area contributed by atoms with Gasteiger partial charge in [0.05, 0.1) is 5.69 Å². The summed E-state index contributed by atoms with van der Waals surface area (Å²) < 4.78 is 0. The minimum atomic E-state index is 1.15. The Morgan fingerprint density at radius 2 is 1.03 bits per heavy atom. The van der Waals surface area contributed by atoms with Crippen LogP contribution < -0.4 is 4.90 Å². The van der Waals surface area contributed by atoms with Crippen molar-refractivity contribution in [2.24, 2.45) is 0 Å². The summed E-state index contributed by atoms with van der Waals surface area (Å²) in [6.45, 7) is 0. The monoisotopic (exact) mass is 493 g/mol. The molecule has 180 valence electrons. The quantitative estimate of drug-likeness (QED) is 0.221. The largest absolute Gasteiger partial charge is 0.310 e. The van der Waals surface area contributed by atoms with Crippen LogP contribution in [-0.4, -0.2) is 0 Å². The van der Waals surface area contributed by atoms with Crippen LogP contribution in [0.2, 0.25) is 0 Å². The van der Waals surface area contributed by atoms with Gasteiger partial charge in [-0.05, 0) is 96.4 Å². The summed E-state index contributed by atoms with van der Waals surface area (Å²) in [5, 5.41) is 10.6. The minimum Gasteiger partial charge on any atom is -0.310 e. The van der Waals surface area contributed by atoms with Crippen molar-refractivity contribution in [1.29, 1.82) is 0 Å². The molecule has 0 aromatic heterocycles. The number of rotatable bonds is 3. The maximum Gasteiger partial charge on any atom is 0.0540 e. The molecular weight excluding hydrogens is 470 g/mol. The zero-order valence-corrected chi connectivity index (χ0v) is 21.2. The van der Waals surface area contributed by atoms with Gasteiger partial charge in [0.15, 0.2) is 0 Å². The average molecular weight is 494 g/mol. The first kappa shape index (κ1) is 20.9. The molecule has 0 amide bonds. The van der Waals surface area contributed by atoms with Crippen molar-refractivity contribution >= 4 is 60.2 Å². The Balaban J connectivity index is 1.34. The molecule has 0 aliphatic heterocycles. The lowest BCUT2D eigenvalue weighted by molar-refractivity contribution is 1.30. The van der Waals surface area contributed by atoms with Crippen LogP contribution in [0.5, 0.6) is 0 Å². The van der Waals surface area contributed by atoms with Gasteiger partial charge in [0, 0.05) is 16.8 Å². The maximum atomic E-state index is 2.41. The van der Waals surface area contributed by atoms with Crippen molar-refractivity contribution in [1.82, 2.24) is 0 Å². The molecule has 1 heteroatoms. The van der Waals surface area contributed by atoms with Crippen LogP contribution in [-0.2, 0) is 0 Å². The average Bonchev–Trinajstić information content (AvgIpc) is 3.32. The number of para-hydroxylation sites is 1. The van der Waals surface area contributed by atoms with E-state index < -0.39 is 0 Å². The van der Waals surface area contributed by atoms with E-state index in [1.54, 1.807) is 0 Å². The number of hydrogen-bond acceptors (Lipinski definition) is 1. The third-order valence-corrected chi connectivity index (χ3v) is 8.49. The lowest BCUT2D eigenvalue weighted by Crippen LogP contribution is -2.10. The van der Waals surface area contributed by atoms with Gasteiger partial charge in [-0.1, -0.05) is 103 Å². The Bertz CT molecular complexity index is 2220. The molecule has 0 saturated carbocycles. The molecule has 0 unspecified atom stereocenters. The second kappa shape index (κ2) is 7.69. The van der Waals surface area contributed by atoms with E-state index in [0.717, 1.165) is 5.69 Å². The SMILES string of the molecule is c1ccc(N(c2ccc3c(c2)-c2cc4cccc5ccc6ccc-3c2c6c54)c2cccc3ccccc23)cc1. The van der Waals surface area contributed by atoms with Gasteiger partial charge in [-0.3, -0.25) is 0 Å². The molecular formula is C38H23N. The van der Waals surface area contributed by atoms with E-state index in [4.69, 9.17) is 0 Å². The van der Waals surface area contributed by atoms with E-state index in [9.17, 15) is 0 Å². The van der Waals surface area contributed by atoms with Gasteiger partial charge in [-0.25, -0.2) is 0 Å². The summed E-state index contributed by atoms with van der Waals surface area (Å²) in [6.07, 6.45) is 0. The first-order valence-corrected chi connectivity index (χ1v) is 13.5. The number of hydrogen-bond donors (Lipinski definition) is 0. The van der Waals surface area contributed by atoms with Crippen molar-refractivity contribution in [3.05, 3.63) is 140 Å². The zero-order valence-electron chi connectivity index (χ0n) is 21.2. The molecule has 1 aliphatic carbocycles. The highest BCUT2D eigenvalue weighted by atomic mass is 15.1. The molecule has 0 radical (unpaired) electrons. The van der Waals surface area contributed by atoms with Gasteiger partial charge < -0.3 is 4.90 Å². The van der Waals surface area contributed by atoms with Crippen molar-refractivity contribution in [2.45, 2.75) is 0 Å². The molecule has 0 fully saturated rings. The van der Waals surface area contributed by atoms with Crippen molar-refractivity contribution in [3.63, 3.8) is 0 Å². The van der Waals surface area contributed by atoms with Crippen LogP contribution in [0.1, 0.15) is 0 Å². The van der Waals surface area contributed by atoms with Gasteiger partial charge in [0.25, 0.3) is 0 Å². The van der Waals surface area contributed by atoms with Gasteiger partial charge in [-0.15, -0.1) is 0 Å². The number of anilines is 3. The molecule has 9 rings (SSSR count). The van der Waals surface area contributed by atoms with Gasteiger partial charge in [0.2, 0.25) is 0 Å². The molecule has 0 atom stereocenters. The van der Waals surface area contributed by atoms with E-state index in [2.05, 4.69) is 144 Å². The molecule has 0 saturated heterocycles. The van der Waals surface area contributed by atoms with Crippen LogP contribution >= 0.6 is 0 Å². The van der Waals surface area contributed by atoms with Gasteiger partial charge >= 0.3 is 0 Å². The molecule has 39 heavy (non-hydrogen) atoms. The fourth-order valence-electron chi connectivity index (χ4n) is 6.82. The van der Waals surface area contributed by atoms with E-state index in [1.165, 1.54) is 76.7 Å². The Morgan fingerprint density at radius 1 is 0.333 bits per heavy atom. The normalized spacial score (nSPS) is 12.1. The van der Waals surface area contributed by atoms with Crippen LogP contribution in [0.3, 0.4) is 0 Å². The highest BCUT2D eigenvalue weighted by Crippen LogP contribution is 2.53. The topological polar surface area (TPSA) is 3.24 Å². The van der Waals surface area contributed by atoms with Crippen LogP contribution in [0, 0.1) is 0 Å². The maximum absolute atomic E-state index is 2.41. The smallest absolute Gasteiger partial charge is 0.0540 e. The Hall–Kier alpha value is -5.14. The highest BCUT2D eigenvalue weighted by molar-refractivity contribution is 6.32. The second-order valence-electron chi connectivity index (χ2n) is 10.6. The molecule has 1 aliphatic rings. The molecule has 8 aromatic rings. The van der Waals surface area contributed by atoms with Crippen LogP contribution in [0.25, 0.3) is 65.3 Å². The number of nitrogens with zero attached hydrogens (tertiary/aromatic N) is 1. The van der Waals surface area contributed by atoms with Gasteiger partial charge in [0.1, 0.15) is 0 Å². The Labute approximate surface area is 226 Å². The van der Waals surface area contributed by atoms with Crippen molar-refractivity contribution < 1.29 is 0 Å². The van der Waals surface area contributed by atoms with E-state index in [0.29, 0.717) is 0 Å². The van der Waals surface area contributed by atoms with E-state index in [-0.39, 0.29) is 0 Å². The molecule has 0 heterocycles. The van der Waals surface area contributed by atoms with Gasteiger partial charge in [-0.2, -0.15) is 0 Å². The number of fused-ring (bicyclic) bond motifs is 4. The van der Waals surface area contributed by atoms with Crippen LogP contribution in [0.15, 0.2) is 140 Å². The third kappa shape index (κ3) is 2.85. The highest BCUT2D eigenvalue weighted by Gasteiger charge is 2.26. The summed E-state index contributed by atoms with van der Waals surface area (Å²) in [6, 6.07) is 51.2. The van der Waals surface area contributed by atoms with Crippen molar-refractivity contribution in [3.8, 4) is 22.3 Å². The summed E-state index contributed by atoms with van der Waals surface area (Å²) in [5.74, 6) is 0. The summed E-state index contributed by atoms with van der Waals surface area (Å²) >= 11 is 0. The summed E-state index contributed by atoms with van der Waals surface area (Å²) in [5.41, 5.74) is 8.81. The summed E-state index contributed by atoms with van der Waals surface area (Å²) in [7, 11) is 0. The van der Waals surface area contributed by atoms with E-state index in [1.807, 2.05) is 0 Å². The molecule has 0 N–H and O–H groups in total. The standard InChI is InChI=1S/C38H23N/c1-2-12-28(13-3-1)39(35-15-7-9-24-8-4-5-14-30(24)35)29-19-21-31-32-20-18-26-17-16-25-10-6-11-27-22-34(33(31)23-29)38(32)37(26)36(25)27/h1-23H. The fraction of sp³-hybridized carbons (Fsp3) is 0. The Kier molecular flexibility index (Phi) is 4.11. The lowest BCUT2D eigenvalue weighted by atomic mass is 9.91. The zero-order chi connectivity index (χ0) is 25.5. The second-order valence-corrected chi connectivity index (χ2v) is 10.6. The molecule has 0 spiro atoms. The molecule has 0 bridgehead atoms. The first-order chi connectivity index (χ1) is 19.3. The van der Waals surface area contributed by atoms with E-state index >= 15 is 0 Å². The predicted octanol–water partition coefficient (Wildman–Crippen LogP) is 10.9. The van der Waals surface area contributed by atoms with Crippen molar-refractivity contribution in [2.75, 3.05) is 4.90 Å². The lowest BCUT2D eigenvalue weighted by Gasteiger charge is -2.27. The molecule has 1 nitrogen and oxygen atoms in total. The molecule has 8 aromatic carbocycles. The Morgan fingerprint density at radius 3 is 1.95 bits per heavy atom. The minimum absolute atomic E-state index is 1.15. The summed E-state index contributed by atoms with van der Waals surface area (Å²) in [4.78, 5) is 2.40. The third-order valence-electron chi connectivity index (χ3n) is 8.49. The predicted molar refractivity (Wildman–Crippen MR) is 167 cm³/mol.